The van der Waals surface area contributed by atoms with Gasteiger partial charge in [0, 0.05) is 11.8 Å². The zero-order valence-corrected chi connectivity index (χ0v) is 21.8. The number of carbonyl (C=O) groups is 1. The van der Waals surface area contributed by atoms with Crippen LogP contribution in [0.15, 0.2) is 11.6 Å². The van der Waals surface area contributed by atoms with Crippen molar-refractivity contribution in [2.24, 2.45) is 50.7 Å². The molecule has 0 N–H and O–H groups in total. The van der Waals surface area contributed by atoms with Gasteiger partial charge in [0.05, 0.1) is 12.2 Å². The molecule has 2 heteroatoms. The largest absolute Gasteiger partial charge is 0.370 e. The average Bonchev–Trinajstić information content (AvgIpc) is 3.36. The zero-order valence-electron chi connectivity index (χ0n) is 21.8. The Bertz CT molecular complexity index is 895. The Morgan fingerprint density at radius 2 is 1.59 bits per heavy atom. The fourth-order valence-corrected chi connectivity index (χ4v) is 10.9. The smallest absolute Gasteiger partial charge is 0.138 e. The number of hydrogen-bond donors (Lipinski definition) is 0. The number of rotatable bonds is 1. The number of hydrogen-bond acceptors (Lipinski definition) is 2. The van der Waals surface area contributed by atoms with Crippen LogP contribution in [-0.4, -0.2) is 18.0 Å². The zero-order chi connectivity index (χ0) is 22.9. The summed E-state index contributed by atoms with van der Waals surface area (Å²) in [6.45, 7) is 18.4. The molecule has 9 unspecified atom stereocenters. The molecule has 0 aromatic rings. The summed E-state index contributed by atoms with van der Waals surface area (Å²) in [5, 5.41) is 0. The van der Waals surface area contributed by atoms with E-state index in [-0.39, 0.29) is 16.4 Å². The van der Waals surface area contributed by atoms with E-state index in [1.165, 1.54) is 44.9 Å². The molecule has 0 aromatic heterocycles. The Kier molecular flexibility index (Phi) is 4.19. The summed E-state index contributed by atoms with van der Waals surface area (Å²) >= 11 is 0. The van der Waals surface area contributed by atoms with Crippen LogP contribution in [0.5, 0.6) is 0 Å². The van der Waals surface area contributed by atoms with E-state index >= 15 is 0 Å². The van der Waals surface area contributed by atoms with Crippen LogP contribution in [0, 0.1) is 50.7 Å². The molecule has 0 spiro atoms. The molecule has 6 aliphatic rings. The Labute approximate surface area is 196 Å². The summed E-state index contributed by atoms with van der Waals surface area (Å²) in [5.74, 6) is 3.17. The van der Waals surface area contributed by atoms with E-state index in [1.54, 1.807) is 0 Å². The molecule has 178 valence electrons. The molecule has 4 saturated carbocycles. The van der Waals surface area contributed by atoms with E-state index in [4.69, 9.17) is 4.74 Å². The van der Waals surface area contributed by atoms with Crippen LogP contribution in [0.25, 0.3) is 0 Å². The minimum absolute atomic E-state index is 0.136. The first-order valence-corrected chi connectivity index (χ1v) is 13.7. The lowest BCUT2D eigenvalue weighted by molar-refractivity contribution is -0.182. The third kappa shape index (κ3) is 2.39. The Morgan fingerprint density at radius 3 is 2.28 bits per heavy atom. The number of epoxide rings is 1. The van der Waals surface area contributed by atoms with Crippen LogP contribution in [0.3, 0.4) is 0 Å². The van der Waals surface area contributed by atoms with E-state index in [9.17, 15) is 4.79 Å². The maximum Gasteiger partial charge on any atom is 0.138 e. The van der Waals surface area contributed by atoms with Crippen LogP contribution in [0.2, 0.25) is 0 Å². The number of Topliss-reactive ketones (excluding diaryl/α,β-unsaturated/α-hetero) is 1. The topological polar surface area (TPSA) is 29.6 Å². The highest BCUT2D eigenvalue weighted by Crippen LogP contribution is 2.76. The number of ketones is 1. The van der Waals surface area contributed by atoms with Crippen LogP contribution in [0.1, 0.15) is 106 Å². The van der Waals surface area contributed by atoms with E-state index in [2.05, 4.69) is 54.5 Å². The van der Waals surface area contributed by atoms with Gasteiger partial charge in [-0.25, -0.2) is 0 Å². The van der Waals surface area contributed by atoms with Crippen molar-refractivity contribution >= 4 is 5.78 Å². The molecule has 2 nitrogen and oxygen atoms in total. The van der Waals surface area contributed by atoms with Gasteiger partial charge in [0.15, 0.2) is 0 Å². The minimum atomic E-state index is -0.154. The summed E-state index contributed by atoms with van der Waals surface area (Å²) in [6, 6.07) is 0. The highest BCUT2D eigenvalue weighted by Gasteiger charge is 2.70. The molecular formula is C30H46O2. The Balaban J connectivity index is 1.44. The van der Waals surface area contributed by atoms with Crippen LogP contribution in [-0.2, 0) is 9.53 Å². The summed E-state index contributed by atoms with van der Waals surface area (Å²) in [6.07, 6.45) is 13.9. The molecule has 1 aliphatic heterocycles. The van der Waals surface area contributed by atoms with Gasteiger partial charge in [-0.1, -0.05) is 53.2 Å². The quantitative estimate of drug-likeness (QED) is 0.316. The molecule has 0 amide bonds. The van der Waals surface area contributed by atoms with Crippen molar-refractivity contribution in [3.8, 4) is 0 Å². The monoisotopic (exact) mass is 438 g/mol. The van der Waals surface area contributed by atoms with Gasteiger partial charge >= 0.3 is 0 Å². The first-order chi connectivity index (χ1) is 14.8. The normalized spacial score (nSPS) is 58.2. The van der Waals surface area contributed by atoms with Crippen molar-refractivity contribution in [1.82, 2.24) is 0 Å². The first kappa shape index (κ1) is 21.9. The molecule has 0 bridgehead atoms. The fraction of sp³-hybridized carbons (Fsp3) is 0.900. The van der Waals surface area contributed by atoms with Gasteiger partial charge in [0.2, 0.25) is 0 Å². The lowest BCUT2D eigenvalue weighted by Crippen LogP contribution is -2.63. The van der Waals surface area contributed by atoms with E-state index in [1.807, 2.05) is 5.57 Å². The van der Waals surface area contributed by atoms with Crippen molar-refractivity contribution in [3.05, 3.63) is 11.6 Å². The number of fused-ring (bicyclic) bond motifs is 7. The summed E-state index contributed by atoms with van der Waals surface area (Å²) < 4.78 is 6.08. The van der Waals surface area contributed by atoms with E-state index in [0.29, 0.717) is 45.7 Å². The molecule has 9 atom stereocenters. The molecule has 32 heavy (non-hydrogen) atoms. The second kappa shape index (κ2) is 6.13. The van der Waals surface area contributed by atoms with Crippen LogP contribution < -0.4 is 0 Å². The summed E-state index contributed by atoms with van der Waals surface area (Å²) in [5.41, 5.74) is 3.21. The molecule has 1 heterocycles. The van der Waals surface area contributed by atoms with Crippen LogP contribution in [0.4, 0.5) is 0 Å². The van der Waals surface area contributed by atoms with E-state index in [0.717, 1.165) is 19.4 Å². The summed E-state index contributed by atoms with van der Waals surface area (Å²) in [4.78, 5) is 12.9. The number of carbonyl (C=O) groups excluding carboxylic acids is 1. The third-order valence-corrected chi connectivity index (χ3v) is 13.4. The SMILES string of the molecule is CC12CCC(C3(C)CO3)C1C1=CCC3C4(C)CCC(=O)C(C)(C)C4CCC3(C)C1(C)CC2. The highest BCUT2D eigenvalue weighted by molar-refractivity contribution is 5.85. The number of allylic oxidation sites excluding steroid dienone is 2. The Morgan fingerprint density at radius 1 is 0.875 bits per heavy atom. The maximum absolute atomic E-state index is 12.9. The van der Waals surface area contributed by atoms with Gasteiger partial charge in [0.25, 0.3) is 0 Å². The maximum atomic E-state index is 12.9. The minimum Gasteiger partial charge on any atom is -0.370 e. The molecule has 5 fully saturated rings. The molecule has 5 aliphatic carbocycles. The molecule has 6 rings (SSSR count). The van der Waals surface area contributed by atoms with Gasteiger partial charge < -0.3 is 4.74 Å². The lowest BCUT2D eigenvalue weighted by atomic mass is 9.34. The highest BCUT2D eigenvalue weighted by atomic mass is 16.6. The molecule has 0 radical (unpaired) electrons. The van der Waals surface area contributed by atoms with Crippen molar-refractivity contribution < 1.29 is 9.53 Å². The van der Waals surface area contributed by atoms with Crippen molar-refractivity contribution in [3.63, 3.8) is 0 Å². The van der Waals surface area contributed by atoms with Crippen LogP contribution >= 0.6 is 0 Å². The van der Waals surface area contributed by atoms with Gasteiger partial charge in [-0.2, -0.15) is 0 Å². The van der Waals surface area contributed by atoms with Crippen molar-refractivity contribution in [2.45, 2.75) is 112 Å². The predicted octanol–water partition coefficient (Wildman–Crippen LogP) is 7.37. The number of ether oxygens (including phenoxy) is 1. The lowest BCUT2D eigenvalue weighted by Gasteiger charge is -2.70. The standard InChI is InChI=1S/C30H46O2/c1-25(2)21-11-15-29(6)22(27(21,4)14-12-23(25)31)9-8-19-24-20(30(7)18-32-30)10-13-26(24,3)16-17-28(19,29)5/h8,20-22,24H,9-18H2,1-7H3. The molecule has 1 saturated heterocycles. The van der Waals surface area contributed by atoms with Gasteiger partial charge in [-0.05, 0) is 104 Å². The molecule has 0 aromatic carbocycles. The van der Waals surface area contributed by atoms with Gasteiger partial charge in [-0.3, -0.25) is 4.79 Å². The average molecular weight is 439 g/mol. The van der Waals surface area contributed by atoms with E-state index < -0.39 is 0 Å². The fourth-order valence-electron chi connectivity index (χ4n) is 10.9. The first-order valence-electron chi connectivity index (χ1n) is 13.7. The van der Waals surface area contributed by atoms with Gasteiger partial charge in [-0.15, -0.1) is 0 Å². The second-order valence-electron chi connectivity index (χ2n) is 14.8. The third-order valence-electron chi connectivity index (χ3n) is 13.4. The second-order valence-corrected chi connectivity index (χ2v) is 14.8. The van der Waals surface area contributed by atoms with Crippen molar-refractivity contribution in [2.75, 3.05) is 6.61 Å². The Hall–Kier alpha value is -0.630. The predicted molar refractivity (Wildman–Crippen MR) is 129 cm³/mol. The summed E-state index contributed by atoms with van der Waals surface area (Å²) in [7, 11) is 0. The van der Waals surface area contributed by atoms with Crippen molar-refractivity contribution in [1.29, 1.82) is 0 Å². The van der Waals surface area contributed by atoms with Gasteiger partial charge in [0.1, 0.15) is 5.78 Å². The molecular weight excluding hydrogens is 392 g/mol.